The van der Waals surface area contributed by atoms with E-state index in [2.05, 4.69) is 0 Å². The Kier molecular flexibility index (Phi) is 3.86. The first-order chi connectivity index (χ1) is 8.18. The van der Waals surface area contributed by atoms with Crippen LogP contribution >= 0.6 is 0 Å². The molecule has 1 aromatic carbocycles. The summed E-state index contributed by atoms with van der Waals surface area (Å²) in [4.78, 5) is 10.9. The summed E-state index contributed by atoms with van der Waals surface area (Å²) in [7, 11) is 0. The maximum atomic E-state index is 10.9. The van der Waals surface area contributed by atoms with Gasteiger partial charge in [-0.15, -0.1) is 0 Å². The SMILES string of the molecule is O=C1COC(C(O)C(O)c2ccccc2)OC1. The number of hydrogen-bond donors (Lipinski definition) is 2. The van der Waals surface area contributed by atoms with Crippen molar-refractivity contribution in [2.75, 3.05) is 13.2 Å². The lowest BCUT2D eigenvalue weighted by Crippen LogP contribution is -2.42. The fourth-order valence-corrected chi connectivity index (χ4v) is 1.63. The molecule has 2 atom stereocenters. The Labute approximate surface area is 98.6 Å². The molecule has 0 spiro atoms. The lowest BCUT2D eigenvalue weighted by atomic mass is 10.0. The first-order valence-electron chi connectivity index (χ1n) is 5.34. The summed E-state index contributed by atoms with van der Waals surface area (Å²) in [5.74, 6) is -0.178. The van der Waals surface area contributed by atoms with Gasteiger partial charge in [0, 0.05) is 0 Å². The third kappa shape index (κ3) is 2.89. The predicted octanol–water partition coefficient (Wildman–Crippen LogP) is 0.0229. The van der Waals surface area contributed by atoms with E-state index in [1.165, 1.54) is 0 Å². The molecule has 1 aliphatic rings. The molecule has 2 N–H and O–H groups in total. The normalized spacial score (nSPS) is 21.2. The van der Waals surface area contributed by atoms with Crippen LogP contribution in [0, 0.1) is 0 Å². The van der Waals surface area contributed by atoms with Crippen LogP contribution in [-0.4, -0.2) is 41.6 Å². The Morgan fingerprint density at radius 3 is 2.29 bits per heavy atom. The van der Waals surface area contributed by atoms with E-state index >= 15 is 0 Å². The highest BCUT2D eigenvalue weighted by Crippen LogP contribution is 2.21. The van der Waals surface area contributed by atoms with Gasteiger partial charge < -0.3 is 19.7 Å². The zero-order chi connectivity index (χ0) is 12.3. The van der Waals surface area contributed by atoms with Crippen LogP contribution in [0.1, 0.15) is 11.7 Å². The number of rotatable bonds is 3. The number of Topliss-reactive ketones (excluding diaryl/α,β-unsaturated/α-hetero) is 1. The minimum Gasteiger partial charge on any atom is -0.385 e. The number of aliphatic hydroxyl groups is 2. The number of carbonyl (C=O) groups excluding carboxylic acids is 1. The molecule has 0 aromatic heterocycles. The van der Waals surface area contributed by atoms with Crippen LogP contribution in [0.4, 0.5) is 0 Å². The lowest BCUT2D eigenvalue weighted by Gasteiger charge is -2.29. The summed E-state index contributed by atoms with van der Waals surface area (Å²) in [5, 5.41) is 19.8. The molecule has 1 heterocycles. The smallest absolute Gasteiger partial charge is 0.187 e. The van der Waals surface area contributed by atoms with E-state index in [1.54, 1.807) is 24.3 Å². The second-order valence-corrected chi connectivity index (χ2v) is 3.88. The summed E-state index contributed by atoms with van der Waals surface area (Å²) in [6.07, 6.45) is -3.29. The molecule has 92 valence electrons. The molecule has 17 heavy (non-hydrogen) atoms. The average molecular weight is 238 g/mol. The van der Waals surface area contributed by atoms with Gasteiger partial charge in [-0.2, -0.15) is 0 Å². The van der Waals surface area contributed by atoms with Crippen LogP contribution in [0.25, 0.3) is 0 Å². The highest BCUT2D eigenvalue weighted by Gasteiger charge is 2.32. The van der Waals surface area contributed by atoms with Crippen molar-refractivity contribution >= 4 is 5.78 Å². The number of ether oxygens (including phenoxy) is 2. The van der Waals surface area contributed by atoms with Crippen LogP contribution in [0.5, 0.6) is 0 Å². The van der Waals surface area contributed by atoms with Gasteiger partial charge in [0.1, 0.15) is 25.4 Å². The zero-order valence-corrected chi connectivity index (χ0v) is 9.15. The van der Waals surface area contributed by atoms with Crippen molar-refractivity contribution in [3.05, 3.63) is 35.9 Å². The van der Waals surface area contributed by atoms with Crippen LogP contribution in [-0.2, 0) is 14.3 Å². The van der Waals surface area contributed by atoms with Crippen molar-refractivity contribution in [1.29, 1.82) is 0 Å². The zero-order valence-electron chi connectivity index (χ0n) is 9.15. The van der Waals surface area contributed by atoms with Gasteiger partial charge in [0.25, 0.3) is 0 Å². The van der Waals surface area contributed by atoms with Gasteiger partial charge in [0.05, 0.1) is 0 Å². The highest BCUT2D eigenvalue weighted by molar-refractivity contribution is 5.81. The monoisotopic (exact) mass is 238 g/mol. The van der Waals surface area contributed by atoms with E-state index in [0.717, 1.165) is 0 Å². The summed E-state index contributed by atoms with van der Waals surface area (Å²) >= 11 is 0. The summed E-state index contributed by atoms with van der Waals surface area (Å²) in [6.45, 7) is -0.188. The van der Waals surface area contributed by atoms with E-state index in [4.69, 9.17) is 9.47 Å². The van der Waals surface area contributed by atoms with E-state index in [1.807, 2.05) is 6.07 Å². The molecular weight excluding hydrogens is 224 g/mol. The van der Waals surface area contributed by atoms with Crippen molar-refractivity contribution < 1.29 is 24.5 Å². The number of aliphatic hydroxyl groups excluding tert-OH is 2. The first kappa shape index (κ1) is 12.2. The number of hydrogen-bond acceptors (Lipinski definition) is 5. The van der Waals surface area contributed by atoms with E-state index in [-0.39, 0.29) is 19.0 Å². The second-order valence-electron chi connectivity index (χ2n) is 3.88. The molecule has 1 fully saturated rings. The average Bonchev–Trinajstić information content (AvgIpc) is 2.39. The molecular formula is C12H14O5. The second kappa shape index (κ2) is 5.37. The van der Waals surface area contributed by atoms with Crippen molar-refractivity contribution in [1.82, 2.24) is 0 Å². The Morgan fingerprint density at radius 2 is 1.71 bits per heavy atom. The van der Waals surface area contributed by atoms with Gasteiger partial charge in [-0.05, 0) is 5.56 Å². The lowest BCUT2D eigenvalue weighted by molar-refractivity contribution is -0.233. The Balaban J connectivity index is 2.00. The molecule has 0 bridgehead atoms. The van der Waals surface area contributed by atoms with Crippen LogP contribution < -0.4 is 0 Å². The Bertz CT molecular complexity index is 368. The maximum Gasteiger partial charge on any atom is 0.187 e. The fourth-order valence-electron chi connectivity index (χ4n) is 1.63. The van der Waals surface area contributed by atoms with Gasteiger partial charge in [0.2, 0.25) is 0 Å². The van der Waals surface area contributed by atoms with Crippen LogP contribution in [0.15, 0.2) is 30.3 Å². The molecule has 1 aliphatic heterocycles. The van der Waals surface area contributed by atoms with Gasteiger partial charge in [-0.25, -0.2) is 0 Å². The van der Waals surface area contributed by atoms with Gasteiger partial charge in [-0.3, -0.25) is 4.79 Å². The summed E-state index contributed by atoms with van der Waals surface area (Å²) in [5.41, 5.74) is 0.573. The van der Waals surface area contributed by atoms with Crippen LogP contribution in [0.2, 0.25) is 0 Å². The largest absolute Gasteiger partial charge is 0.385 e. The highest BCUT2D eigenvalue weighted by atomic mass is 16.7. The molecule has 1 saturated heterocycles. The van der Waals surface area contributed by atoms with Crippen molar-refractivity contribution in [2.24, 2.45) is 0 Å². The number of benzene rings is 1. The van der Waals surface area contributed by atoms with E-state index in [0.29, 0.717) is 5.56 Å². The maximum absolute atomic E-state index is 10.9. The fraction of sp³-hybridized carbons (Fsp3) is 0.417. The van der Waals surface area contributed by atoms with Gasteiger partial charge in [-0.1, -0.05) is 30.3 Å². The molecule has 5 nitrogen and oxygen atoms in total. The quantitative estimate of drug-likeness (QED) is 0.776. The van der Waals surface area contributed by atoms with Gasteiger partial charge >= 0.3 is 0 Å². The van der Waals surface area contributed by atoms with Crippen molar-refractivity contribution in [3.8, 4) is 0 Å². The molecule has 0 saturated carbocycles. The van der Waals surface area contributed by atoms with E-state index in [9.17, 15) is 15.0 Å². The molecule has 2 rings (SSSR count). The summed E-state index contributed by atoms with van der Waals surface area (Å²) in [6, 6.07) is 8.73. The minimum absolute atomic E-state index is 0.0940. The molecule has 1 aromatic rings. The molecule has 2 unspecified atom stereocenters. The number of carbonyl (C=O) groups is 1. The van der Waals surface area contributed by atoms with Gasteiger partial charge in [0.15, 0.2) is 12.1 Å². The Hall–Kier alpha value is -1.27. The minimum atomic E-state index is -1.22. The molecule has 0 aliphatic carbocycles. The topological polar surface area (TPSA) is 76.0 Å². The predicted molar refractivity (Wildman–Crippen MR) is 58.1 cm³/mol. The molecule has 5 heteroatoms. The summed E-state index contributed by atoms with van der Waals surface area (Å²) < 4.78 is 10.0. The molecule has 0 radical (unpaired) electrons. The Morgan fingerprint density at radius 1 is 1.12 bits per heavy atom. The van der Waals surface area contributed by atoms with Crippen molar-refractivity contribution in [3.63, 3.8) is 0 Å². The third-order valence-corrected chi connectivity index (χ3v) is 2.56. The third-order valence-electron chi connectivity index (χ3n) is 2.56. The van der Waals surface area contributed by atoms with Crippen molar-refractivity contribution in [2.45, 2.75) is 18.5 Å². The number of ketones is 1. The van der Waals surface area contributed by atoms with Crippen LogP contribution in [0.3, 0.4) is 0 Å². The molecule has 0 amide bonds. The standard InChI is InChI=1S/C12H14O5/c13-9-6-16-12(17-7-9)11(15)10(14)8-4-2-1-3-5-8/h1-5,10-12,14-15H,6-7H2. The first-order valence-corrected chi connectivity index (χ1v) is 5.34. The van der Waals surface area contributed by atoms with E-state index < -0.39 is 18.5 Å².